The number of nitrogen functional groups attached to an aromatic ring is 1. The molecule has 0 aromatic carbocycles. The average molecular weight is 458 g/mol. The van der Waals surface area contributed by atoms with E-state index in [1.165, 1.54) is 41.5 Å². The van der Waals surface area contributed by atoms with Crippen molar-refractivity contribution in [3.05, 3.63) is 37.1 Å². The van der Waals surface area contributed by atoms with Gasteiger partial charge in [0.15, 0.2) is 5.16 Å². The molecular formula is C21H23N5OS3. The second kappa shape index (κ2) is 7.62. The van der Waals surface area contributed by atoms with Gasteiger partial charge in [-0.15, -0.1) is 22.7 Å². The lowest BCUT2D eigenvalue weighted by atomic mass is 10.1. The number of hydrogen-bond acceptors (Lipinski definition) is 8. The third kappa shape index (κ3) is 3.23. The van der Waals surface area contributed by atoms with Crippen LogP contribution < -0.4 is 11.3 Å². The van der Waals surface area contributed by atoms with Crippen LogP contribution in [0.3, 0.4) is 0 Å². The third-order valence-electron chi connectivity index (χ3n) is 5.84. The van der Waals surface area contributed by atoms with Gasteiger partial charge in [-0.1, -0.05) is 18.2 Å². The number of fused-ring (bicyclic) bond motifs is 4. The molecule has 156 valence electrons. The zero-order chi connectivity index (χ0) is 21.0. The number of thioether (sulfide) groups is 1. The number of thiophene rings is 2. The Labute approximate surface area is 186 Å². The molecule has 0 atom stereocenters. The lowest BCUT2D eigenvalue weighted by Crippen LogP contribution is -2.19. The smallest absolute Gasteiger partial charge is 0.262 e. The van der Waals surface area contributed by atoms with E-state index in [-0.39, 0.29) is 5.56 Å². The minimum absolute atomic E-state index is 0.00207. The van der Waals surface area contributed by atoms with Crippen molar-refractivity contribution in [2.75, 3.05) is 5.73 Å². The highest BCUT2D eigenvalue weighted by Crippen LogP contribution is 2.37. The molecule has 0 fully saturated rings. The van der Waals surface area contributed by atoms with Gasteiger partial charge in [0.2, 0.25) is 0 Å². The van der Waals surface area contributed by atoms with E-state index in [0.717, 1.165) is 43.7 Å². The largest absolute Gasteiger partial charge is 0.383 e. The summed E-state index contributed by atoms with van der Waals surface area (Å²) in [5.41, 5.74) is 8.76. The monoisotopic (exact) mass is 457 g/mol. The summed E-state index contributed by atoms with van der Waals surface area (Å²) in [7, 11) is 1.78. The summed E-state index contributed by atoms with van der Waals surface area (Å²) >= 11 is 4.82. The van der Waals surface area contributed by atoms with Crippen molar-refractivity contribution in [2.24, 2.45) is 7.05 Å². The summed E-state index contributed by atoms with van der Waals surface area (Å²) in [6.07, 6.45) is 5.91. The Morgan fingerprint density at radius 2 is 1.80 bits per heavy atom. The molecule has 0 amide bonds. The van der Waals surface area contributed by atoms with Crippen molar-refractivity contribution in [2.45, 2.75) is 56.9 Å². The van der Waals surface area contributed by atoms with Gasteiger partial charge in [-0.05, 0) is 50.7 Å². The molecule has 0 aliphatic heterocycles. The van der Waals surface area contributed by atoms with Gasteiger partial charge >= 0.3 is 0 Å². The first kappa shape index (κ1) is 20.0. The molecule has 0 radical (unpaired) electrons. The maximum Gasteiger partial charge on any atom is 0.262 e. The van der Waals surface area contributed by atoms with Crippen LogP contribution in [0.2, 0.25) is 0 Å². The van der Waals surface area contributed by atoms with Gasteiger partial charge in [0.1, 0.15) is 21.3 Å². The van der Waals surface area contributed by atoms with Crippen LogP contribution in [-0.2, 0) is 25.6 Å². The number of nitrogens with zero attached hydrogens (tertiary/aromatic N) is 4. The van der Waals surface area contributed by atoms with Gasteiger partial charge < -0.3 is 5.73 Å². The van der Waals surface area contributed by atoms with Crippen molar-refractivity contribution >= 4 is 60.7 Å². The van der Waals surface area contributed by atoms with Gasteiger partial charge in [0, 0.05) is 16.8 Å². The first-order valence-corrected chi connectivity index (χ1v) is 12.7. The van der Waals surface area contributed by atoms with Crippen LogP contribution in [0.25, 0.3) is 20.4 Å². The Hall–Kier alpha value is -1.97. The average Bonchev–Trinajstić information content (AvgIpc) is 3.10. The molecule has 30 heavy (non-hydrogen) atoms. The molecule has 4 aromatic rings. The van der Waals surface area contributed by atoms with Crippen LogP contribution in [0.1, 0.15) is 46.0 Å². The fourth-order valence-electron chi connectivity index (χ4n) is 4.09. The summed E-state index contributed by atoms with van der Waals surface area (Å²) < 4.78 is 1.63. The lowest BCUT2D eigenvalue weighted by Gasteiger charge is -2.08. The zero-order valence-corrected chi connectivity index (χ0v) is 19.7. The first-order valence-electron chi connectivity index (χ1n) is 10.1. The second-order valence-corrected chi connectivity index (χ2v) is 11.0. The molecule has 2 N–H and O–H groups in total. The standard InChI is InChI=1S/C21H23N5OS3/c1-10-11(2)29-18-15(10)20(27)26(3)21(25-18)28-9-14-23-17(22)16-12-7-5-4-6-8-13(12)30-19(16)24-14/h4-9H2,1-3H3,(H2,22,23,24). The van der Waals surface area contributed by atoms with Gasteiger partial charge in [0.05, 0.1) is 16.5 Å². The van der Waals surface area contributed by atoms with Crippen LogP contribution in [0.15, 0.2) is 9.95 Å². The summed E-state index contributed by atoms with van der Waals surface area (Å²) in [4.78, 5) is 31.3. The van der Waals surface area contributed by atoms with Crippen LogP contribution >= 0.6 is 34.4 Å². The SMILES string of the molecule is Cc1sc2nc(SCc3nc(N)c4c5c(sc4n3)CCCCC5)n(C)c(=O)c2c1C. The number of rotatable bonds is 3. The fraction of sp³-hybridized carbons (Fsp3) is 0.429. The summed E-state index contributed by atoms with van der Waals surface area (Å²) in [6, 6.07) is 0. The van der Waals surface area contributed by atoms with Gasteiger partial charge in [0.25, 0.3) is 5.56 Å². The molecule has 0 unspecified atom stereocenters. The molecule has 0 saturated carbocycles. The molecular weight excluding hydrogens is 434 g/mol. The van der Waals surface area contributed by atoms with Crippen molar-refractivity contribution in [1.29, 1.82) is 0 Å². The quantitative estimate of drug-likeness (QED) is 0.271. The summed E-state index contributed by atoms with van der Waals surface area (Å²) in [5, 5.41) is 2.46. The van der Waals surface area contributed by atoms with Crippen LogP contribution in [0.4, 0.5) is 5.82 Å². The van der Waals surface area contributed by atoms with Gasteiger partial charge in [-0.3, -0.25) is 9.36 Å². The highest BCUT2D eigenvalue weighted by molar-refractivity contribution is 7.98. The van der Waals surface area contributed by atoms with Crippen molar-refractivity contribution in [1.82, 2.24) is 19.5 Å². The van der Waals surface area contributed by atoms with Crippen molar-refractivity contribution in [3.8, 4) is 0 Å². The Morgan fingerprint density at radius 3 is 2.63 bits per heavy atom. The fourth-order valence-corrected chi connectivity index (χ4v) is 7.27. The van der Waals surface area contributed by atoms with E-state index in [2.05, 4.69) is 4.98 Å². The molecule has 0 saturated heterocycles. The molecule has 4 heterocycles. The number of nitrogens with two attached hydrogens (primary N) is 1. The highest BCUT2D eigenvalue weighted by atomic mass is 32.2. The molecule has 4 aromatic heterocycles. The Balaban J connectivity index is 1.48. The topological polar surface area (TPSA) is 86.7 Å². The third-order valence-corrected chi connectivity index (χ3v) is 9.15. The van der Waals surface area contributed by atoms with Crippen LogP contribution in [-0.4, -0.2) is 19.5 Å². The van der Waals surface area contributed by atoms with E-state index in [0.29, 0.717) is 22.6 Å². The molecule has 1 aliphatic carbocycles. The van der Waals surface area contributed by atoms with E-state index in [4.69, 9.17) is 15.7 Å². The Kier molecular flexibility index (Phi) is 5.07. The Morgan fingerprint density at radius 1 is 1.03 bits per heavy atom. The maximum atomic E-state index is 12.8. The van der Waals surface area contributed by atoms with Gasteiger partial charge in [-0.25, -0.2) is 15.0 Å². The predicted molar refractivity (Wildman–Crippen MR) is 127 cm³/mol. The summed E-state index contributed by atoms with van der Waals surface area (Å²) in [6.45, 7) is 4.01. The zero-order valence-electron chi connectivity index (χ0n) is 17.2. The van der Waals surface area contributed by atoms with E-state index >= 15 is 0 Å². The summed E-state index contributed by atoms with van der Waals surface area (Å²) in [5.74, 6) is 1.80. The molecule has 1 aliphatic rings. The minimum atomic E-state index is 0.00207. The van der Waals surface area contributed by atoms with E-state index in [1.54, 1.807) is 34.3 Å². The molecule has 0 spiro atoms. The number of hydrogen-bond donors (Lipinski definition) is 1. The maximum absolute atomic E-state index is 12.8. The van der Waals surface area contributed by atoms with E-state index in [1.807, 2.05) is 13.8 Å². The second-order valence-electron chi connectivity index (χ2n) is 7.78. The predicted octanol–water partition coefficient (Wildman–Crippen LogP) is 4.76. The molecule has 9 heteroatoms. The van der Waals surface area contributed by atoms with Crippen LogP contribution in [0.5, 0.6) is 0 Å². The number of aryl methyl sites for hydroxylation is 4. The first-order chi connectivity index (χ1) is 14.4. The highest BCUT2D eigenvalue weighted by Gasteiger charge is 2.20. The lowest BCUT2D eigenvalue weighted by molar-refractivity contribution is 0.713. The normalized spacial score (nSPS) is 14.4. The minimum Gasteiger partial charge on any atom is -0.383 e. The van der Waals surface area contributed by atoms with E-state index < -0.39 is 0 Å². The molecule has 5 rings (SSSR count). The Bertz CT molecular complexity index is 1350. The number of aromatic nitrogens is 4. The van der Waals surface area contributed by atoms with E-state index in [9.17, 15) is 4.79 Å². The number of anilines is 1. The molecule has 6 nitrogen and oxygen atoms in total. The molecule has 0 bridgehead atoms. The van der Waals surface area contributed by atoms with Crippen molar-refractivity contribution < 1.29 is 0 Å². The van der Waals surface area contributed by atoms with Crippen LogP contribution in [0, 0.1) is 13.8 Å². The van der Waals surface area contributed by atoms with Gasteiger partial charge in [-0.2, -0.15) is 0 Å². The van der Waals surface area contributed by atoms with Crippen molar-refractivity contribution in [3.63, 3.8) is 0 Å².